The Kier molecular flexibility index (Phi) is 3.25. The van der Waals surface area contributed by atoms with E-state index in [9.17, 15) is 4.79 Å². The van der Waals surface area contributed by atoms with Crippen LogP contribution in [-0.2, 0) is 13.0 Å². The predicted molar refractivity (Wildman–Crippen MR) is 83.6 cm³/mol. The van der Waals surface area contributed by atoms with Crippen molar-refractivity contribution in [1.82, 2.24) is 14.5 Å². The van der Waals surface area contributed by atoms with E-state index in [4.69, 9.17) is 9.47 Å². The average molecular weight is 313 g/mol. The molecular weight excluding hydrogens is 294 g/mol. The molecule has 3 heterocycles. The summed E-state index contributed by atoms with van der Waals surface area (Å²) in [4.78, 5) is 19.2. The summed E-state index contributed by atoms with van der Waals surface area (Å²) in [7, 11) is 0. The van der Waals surface area contributed by atoms with Crippen LogP contribution in [0.5, 0.6) is 11.5 Å². The molecule has 0 radical (unpaired) electrons. The molecule has 6 nitrogen and oxygen atoms in total. The van der Waals surface area contributed by atoms with E-state index in [1.807, 2.05) is 11.2 Å². The van der Waals surface area contributed by atoms with Crippen LogP contribution in [-0.4, -0.2) is 33.7 Å². The number of carbonyl (C=O) groups excluding carboxylic acids is 1. The number of imidazole rings is 1. The zero-order chi connectivity index (χ0) is 16.0. The summed E-state index contributed by atoms with van der Waals surface area (Å²) in [5, 5.41) is 0. The van der Waals surface area contributed by atoms with Gasteiger partial charge >= 0.3 is 0 Å². The Balaban J connectivity index is 1.59. The summed E-state index contributed by atoms with van der Waals surface area (Å²) in [6, 6.07) is 5.70. The van der Waals surface area contributed by atoms with Gasteiger partial charge in [0.1, 0.15) is 0 Å². The van der Waals surface area contributed by atoms with Gasteiger partial charge in [0.15, 0.2) is 11.5 Å². The molecule has 4 rings (SSSR count). The molecule has 0 saturated heterocycles. The SMILES string of the molecule is CC(C)n1cnc2c1CN(C(=O)c1ccc3c(c1)OCO3)CC2. The van der Waals surface area contributed by atoms with Gasteiger partial charge < -0.3 is 18.9 Å². The van der Waals surface area contributed by atoms with Crippen LogP contribution >= 0.6 is 0 Å². The zero-order valence-corrected chi connectivity index (χ0v) is 13.3. The van der Waals surface area contributed by atoms with Gasteiger partial charge in [-0.15, -0.1) is 0 Å². The Bertz CT molecular complexity index is 766. The van der Waals surface area contributed by atoms with Crippen molar-refractivity contribution < 1.29 is 14.3 Å². The Morgan fingerprint density at radius 3 is 2.91 bits per heavy atom. The van der Waals surface area contributed by atoms with E-state index in [1.165, 1.54) is 0 Å². The quantitative estimate of drug-likeness (QED) is 0.854. The number of nitrogens with zero attached hydrogens (tertiary/aromatic N) is 3. The summed E-state index contributed by atoms with van der Waals surface area (Å²) < 4.78 is 12.8. The molecule has 1 aromatic carbocycles. The normalized spacial score (nSPS) is 15.9. The van der Waals surface area contributed by atoms with Gasteiger partial charge in [-0.3, -0.25) is 4.79 Å². The maximum Gasteiger partial charge on any atom is 0.254 e. The molecule has 0 aliphatic carbocycles. The fraction of sp³-hybridized carbons (Fsp3) is 0.412. The minimum Gasteiger partial charge on any atom is -0.454 e. The predicted octanol–water partition coefficient (Wildman–Crippen LogP) is 2.39. The van der Waals surface area contributed by atoms with E-state index in [2.05, 4.69) is 23.4 Å². The summed E-state index contributed by atoms with van der Waals surface area (Å²) in [5.41, 5.74) is 2.88. The van der Waals surface area contributed by atoms with E-state index in [1.54, 1.807) is 18.2 Å². The summed E-state index contributed by atoms with van der Waals surface area (Å²) >= 11 is 0. The third-order valence-corrected chi connectivity index (χ3v) is 4.40. The van der Waals surface area contributed by atoms with Gasteiger partial charge in [-0.25, -0.2) is 4.98 Å². The van der Waals surface area contributed by atoms with Crippen molar-refractivity contribution in [2.75, 3.05) is 13.3 Å². The molecule has 0 N–H and O–H groups in total. The minimum atomic E-state index is 0.0189. The van der Waals surface area contributed by atoms with Crippen molar-refractivity contribution in [1.29, 1.82) is 0 Å². The monoisotopic (exact) mass is 313 g/mol. The molecule has 0 unspecified atom stereocenters. The van der Waals surface area contributed by atoms with Crippen LogP contribution in [0.1, 0.15) is 41.6 Å². The van der Waals surface area contributed by atoms with Crippen molar-refractivity contribution >= 4 is 5.91 Å². The average Bonchev–Trinajstić information content (AvgIpc) is 3.19. The number of ether oxygens (including phenoxy) is 2. The highest BCUT2D eigenvalue weighted by molar-refractivity contribution is 5.95. The molecule has 2 aliphatic heterocycles. The lowest BCUT2D eigenvalue weighted by atomic mass is 10.1. The number of amides is 1. The standard InChI is InChI=1S/C17H19N3O3/c1-11(2)20-9-18-13-5-6-19(8-14(13)20)17(21)12-3-4-15-16(7-12)23-10-22-15/h3-4,7,9,11H,5-6,8,10H2,1-2H3. The molecular formula is C17H19N3O3. The first-order valence-corrected chi connectivity index (χ1v) is 7.87. The van der Waals surface area contributed by atoms with Crippen molar-refractivity contribution in [2.24, 2.45) is 0 Å². The Morgan fingerprint density at radius 2 is 2.09 bits per heavy atom. The number of carbonyl (C=O) groups is 1. The maximum absolute atomic E-state index is 12.8. The fourth-order valence-corrected chi connectivity index (χ4v) is 3.14. The highest BCUT2D eigenvalue weighted by Crippen LogP contribution is 2.33. The molecule has 1 amide bonds. The molecule has 0 bridgehead atoms. The molecule has 23 heavy (non-hydrogen) atoms. The van der Waals surface area contributed by atoms with Crippen LogP contribution in [0, 0.1) is 0 Å². The van der Waals surface area contributed by atoms with Gasteiger partial charge in [0.05, 0.1) is 24.3 Å². The Labute approximate surface area is 134 Å². The number of benzene rings is 1. The van der Waals surface area contributed by atoms with Crippen molar-refractivity contribution in [3.8, 4) is 11.5 Å². The van der Waals surface area contributed by atoms with Gasteiger partial charge in [0.25, 0.3) is 5.91 Å². The van der Waals surface area contributed by atoms with Gasteiger partial charge in [-0.05, 0) is 32.0 Å². The lowest BCUT2D eigenvalue weighted by Crippen LogP contribution is -2.36. The molecule has 0 atom stereocenters. The largest absolute Gasteiger partial charge is 0.454 e. The lowest BCUT2D eigenvalue weighted by molar-refractivity contribution is 0.0728. The molecule has 0 saturated carbocycles. The van der Waals surface area contributed by atoms with E-state index in [0.717, 1.165) is 17.8 Å². The number of fused-ring (bicyclic) bond motifs is 2. The zero-order valence-electron chi connectivity index (χ0n) is 13.3. The second-order valence-electron chi connectivity index (χ2n) is 6.18. The number of hydrogen-bond donors (Lipinski definition) is 0. The van der Waals surface area contributed by atoms with Crippen LogP contribution in [0.4, 0.5) is 0 Å². The first-order chi connectivity index (χ1) is 11.1. The number of aromatic nitrogens is 2. The molecule has 6 heteroatoms. The fourth-order valence-electron chi connectivity index (χ4n) is 3.14. The summed E-state index contributed by atoms with van der Waals surface area (Å²) in [6.45, 7) is 5.75. The Morgan fingerprint density at radius 1 is 1.26 bits per heavy atom. The highest BCUT2D eigenvalue weighted by Gasteiger charge is 2.27. The molecule has 120 valence electrons. The first-order valence-electron chi connectivity index (χ1n) is 7.87. The second-order valence-corrected chi connectivity index (χ2v) is 6.18. The molecule has 2 aliphatic rings. The Hall–Kier alpha value is -2.50. The molecule has 2 aromatic rings. The van der Waals surface area contributed by atoms with Gasteiger partial charge in [-0.2, -0.15) is 0 Å². The van der Waals surface area contributed by atoms with E-state index < -0.39 is 0 Å². The second kappa shape index (κ2) is 5.30. The van der Waals surface area contributed by atoms with Crippen LogP contribution in [0.15, 0.2) is 24.5 Å². The highest BCUT2D eigenvalue weighted by atomic mass is 16.7. The number of rotatable bonds is 2. The van der Waals surface area contributed by atoms with Crippen LogP contribution in [0.25, 0.3) is 0 Å². The molecule has 0 spiro atoms. The van der Waals surface area contributed by atoms with Gasteiger partial charge in [0.2, 0.25) is 6.79 Å². The van der Waals surface area contributed by atoms with Gasteiger partial charge in [0, 0.05) is 24.6 Å². The van der Waals surface area contributed by atoms with E-state index in [0.29, 0.717) is 36.2 Å². The number of hydrogen-bond acceptors (Lipinski definition) is 4. The van der Waals surface area contributed by atoms with E-state index >= 15 is 0 Å². The third-order valence-electron chi connectivity index (χ3n) is 4.40. The lowest BCUT2D eigenvalue weighted by Gasteiger charge is -2.28. The minimum absolute atomic E-state index is 0.0189. The summed E-state index contributed by atoms with van der Waals surface area (Å²) in [5.74, 6) is 1.35. The van der Waals surface area contributed by atoms with E-state index in [-0.39, 0.29) is 12.7 Å². The van der Waals surface area contributed by atoms with Crippen LogP contribution < -0.4 is 9.47 Å². The van der Waals surface area contributed by atoms with Gasteiger partial charge in [-0.1, -0.05) is 0 Å². The van der Waals surface area contributed by atoms with Crippen molar-refractivity contribution in [2.45, 2.75) is 32.9 Å². The third kappa shape index (κ3) is 2.34. The topological polar surface area (TPSA) is 56.6 Å². The van der Waals surface area contributed by atoms with Crippen LogP contribution in [0.3, 0.4) is 0 Å². The molecule has 0 fully saturated rings. The first kappa shape index (κ1) is 14.1. The van der Waals surface area contributed by atoms with Crippen molar-refractivity contribution in [3.63, 3.8) is 0 Å². The smallest absolute Gasteiger partial charge is 0.254 e. The van der Waals surface area contributed by atoms with Crippen LogP contribution in [0.2, 0.25) is 0 Å². The maximum atomic E-state index is 12.8. The van der Waals surface area contributed by atoms with Crippen molar-refractivity contribution in [3.05, 3.63) is 41.5 Å². The molecule has 1 aromatic heterocycles. The summed E-state index contributed by atoms with van der Waals surface area (Å²) in [6.07, 6.45) is 2.68.